The Hall–Kier alpha value is -0.500. The molecule has 0 aromatic heterocycles. The molecule has 0 nitrogen and oxygen atoms in total. The van der Waals surface area contributed by atoms with E-state index in [1.165, 1.54) is 37.2 Å². The molecule has 0 saturated heterocycles. The zero-order valence-electron chi connectivity index (χ0n) is 13.4. The van der Waals surface area contributed by atoms with Gasteiger partial charge in [0.1, 0.15) is 0 Å². The molecule has 2 aromatic carbocycles. The monoisotopic (exact) mass is 444 g/mol. The quantitative estimate of drug-likeness (QED) is 0.451. The first-order chi connectivity index (χ1) is 12.8. The van der Waals surface area contributed by atoms with Crippen molar-refractivity contribution in [2.45, 2.75) is 19.6 Å². The molecule has 2 aromatic rings. The van der Waals surface area contributed by atoms with Crippen molar-refractivity contribution in [3.63, 3.8) is 0 Å². The van der Waals surface area contributed by atoms with Gasteiger partial charge in [-0.15, -0.1) is 0 Å². The second-order valence-electron chi connectivity index (χ2n) is 5.48. The first-order valence-electron chi connectivity index (χ1n) is 7.91. The van der Waals surface area contributed by atoms with E-state index in [9.17, 15) is 0 Å². The van der Waals surface area contributed by atoms with E-state index < -0.39 is 0 Å². The minimum Gasteiger partial charge on any atom is -0.0895 e. The van der Waals surface area contributed by atoms with Crippen LogP contribution in [0.2, 0.25) is 0 Å². The number of benzene rings is 2. The van der Waals surface area contributed by atoms with E-state index in [1.807, 2.05) is 70.6 Å². The Kier molecular flexibility index (Phi) is 5.31. The molecule has 0 N–H and O–H groups in total. The summed E-state index contributed by atoms with van der Waals surface area (Å²) in [5.41, 5.74) is 0. The van der Waals surface area contributed by atoms with Crippen molar-refractivity contribution in [3.05, 3.63) is 89.8 Å². The summed E-state index contributed by atoms with van der Waals surface area (Å²) in [6.07, 6.45) is 6.82. The normalized spacial score (nSPS) is 19.5. The minimum atomic E-state index is 1.33. The van der Waals surface area contributed by atoms with Crippen LogP contribution in [0.4, 0.5) is 0 Å². The average molecular weight is 445 g/mol. The van der Waals surface area contributed by atoms with Crippen LogP contribution in [0.15, 0.2) is 109 Å². The molecule has 0 radical (unpaired) electrons. The third-order valence-electron chi connectivity index (χ3n) is 3.67. The van der Waals surface area contributed by atoms with Gasteiger partial charge >= 0.3 is 0 Å². The highest BCUT2D eigenvalue weighted by atomic mass is 32.2. The first kappa shape index (κ1) is 17.6. The standard InChI is InChI=1S/C20H12S6/c1-2-6-15-14(5-1)23-19(24-15)10-9-18-21-12-13(22-18)11-20-25-16-7-3-4-8-17(16)26-20/h1-12H/b18-9+. The SMILES string of the molecule is C1=C(C=C2Sc3ccccc3S2)S/C(=C/C=C2Sc3ccccc3S2)S1. The maximum absolute atomic E-state index is 2.32. The van der Waals surface area contributed by atoms with Gasteiger partial charge in [0.05, 0.1) is 4.24 Å². The zero-order valence-corrected chi connectivity index (χ0v) is 18.3. The van der Waals surface area contributed by atoms with Gasteiger partial charge in [-0.3, -0.25) is 0 Å². The van der Waals surface area contributed by atoms with Crippen molar-refractivity contribution in [3.8, 4) is 0 Å². The molecule has 3 aliphatic rings. The van der Waals surface area contributed by atoms with Crippen molar-refractivity contribution >= 4 is 70.6 Å². The Morgan fingerprint density at radius 1 is 0.538 bits per heavy atom. The van der Waals surface area contributed by atoms with Gasteiger partial charge in [-0.25, -0.2) is 0 Å². The molecule has 26 heavy (non-hydrogen) atoms. The summed E-state index contributed by atoms with van der Waals surface area (Å²) < 4.78 is 4.05. The molecule has 128 valence electrons. The lowest BCUT2D eigenvalue weighted by Crippen LogP contribution is -1.66. The Balaban J connectivity index is 1.23. The molecule has 0 saturated carbocycles. The highest BCUT2D eigenvalue weighted by Crippen LogP contribution is 2.54. The Morgan fingerprint density at radius 2 is 1.04 bits per heavy atom. The third kappa shape index (κ3) is 3.86. The fourth-order valence-electron chi connectivity index (χ4n) is 2.51. The second kappa shape index (κ2) is 7.86. The van der Waals surface area contributed by atoms with Gasteiger partial charge in [0.25, 0.3) is 0 Å². The number of rotatable bonds is 2. The van der Waals surface area contributed by atoms with Crippen molar-refractivity contribution in [2.24, 2.45) is 0 Å². The Labute approximate surface area is 178 Å². The van der Waals surface area contributed by atoms with E-state index in [0.29, 0.717) is 0 Å². The lowest BCUT2D eigenvalue weighted by Gasteiger charge is -1.96. The van der Waals surface area contributed by atoms with Crippen molar-refractivity contribution in [2.75, 3.05) is 0 Å². The second-order valence-corrected chi connectivity index (χ2v) is 12.6. The van der Waals surface area contributed by atoms with Gasteiger partial charge < -0.3 is 0 Å². The predicted octanol–water partition coefficient (Wildman–Crippen LogP) is 8.63. The molecule has 0 unspecified atom stereocenters. The van der Waals surface area contributed by atoms with Gasteiger partial charge in [0.15, 0.2) is 0 Å². The lowest BCUT2D eigenvalue weighted by atomic mass is 10.4. The number of hydrogen-bond donors (Lipinski definition) is 0. The summed E-state index contributed by atoms with van der Waals surface area (Å²) in [4.78, 5) is 6.81. The van der Waals surface area contributed by atoms with Gasteiger partial charge in [-0.05, 0) is 47.9 Å². The molecule has 0 aliphatic carbocycles. The maximum Gasteiger partial charge on any atom is 0.0511 e. The van der Waals surface area contributed by atoms with Crippen LogP contribution in [0.3, 0.4) is 0 Å². The van der Waals surface area contributed by atoms with E-state index >= 15 is 0 Å². The van der Waals surface area contributed by atoms with Crippen molar-refractivity contribution in [1.82, 2.24) is 0 Å². The largest absolute Gasteiger partial charge is 0.0895 e. The number of allylic oxidation sites excluding steroid dienone is 3. The van der Waals surface area contributed by atoms with Crippen LogP contribution < -0.4 is 0 Å². The van der Waals surface area contributed by atoms with E-state index in [0.717, 1.165) is 0 Å². The summed E-state index contributed by atoms with van der Waals surface area (Å²) in [5.74, 6) is 0. The van der Waals surface area contributed by atoms with Crippen LogP contribution in [0.5, 0.6) is 0 Å². The van der Waals surface area contributed by atoms with Crippen molar-refractivity contribution < 1.29 is 0 Å². The molecular weight excluding hydrogens is 433 g/mol. The van der Waals surface area contributed by atoms with Crippen LogP contribution in [-0.4, -0.2) is 0 Å². The molecule has 0 amide bonds. The summed E-state index contributed by atoms with van der Waals surface area (Å²) in [7, 11) is 0. The zero-order chi connectivity index (χ0) is 17.3. The summed E-state index contributed by atoms with van der Waals surface area (Å²) in [6, 6.07) is 17.2. The van der Waals surface area contributed by atoms with Crippen LogP contribution in [-0.2, 0) is 0 Å². The van der Waals surface area contributed by atoms with Gasteiger partial charge in [0, 0.05) is 33.0 Å². The minimum absolute atomic E-state index is 1.33. The van der Waals surface area contributed by atoms with Crippen LogP contribution in [0.1, 0.15) is 0 Å². The molecule has 6 heteroatoms. The summed E-state index contributed by atoms with van der Waals surface area (Å²) >= 11 is 11.2. The third-order valence-corrected chi connectivity index (χ3v) is 10.8. The Morgan fingerprint density at radius 3 is 1.62 bits per heavy atom. The smallest absolute Gasteiger partial charge is 0.0511 e. The van der Waals surface area contributed by atoms with E-state index in [4.69, 9.17) is 0 Å². The predicted molar refractivity (Wildman–Crippen MR) is 124 cm³/mol. The highest BCUT2D eigenvalue weighted by molar-refractivity contribution is 8.28. The van der Waals surface area contributed by atoms with E-state index in [2.05, 4.69) is 72.2 Å². The van der Waals surface area contributed by atoms with Crippen molar-refractivity contribution in [1.29, 1.82) is 0 Å². The highest BCUT2D eigenvalue weighted by Gasteiger charge is 2.19. The van der Waals surface area contributed by atoms with Crippen LogP contribution in [0.25, 0.3) is 0 Å². The summed E-state index contributed by atoms with van der Waals surface area (Å²) in [5, 5.41) is 2.26. The van der Waals surface area contributed by atoms with E-state index in [1.54, 1.807) is 0 Å². The lowest BCUT2D eigenvalue weighted by molar-refractivity contribution is 1.27. The fourth-order valence-corrected chi connectivity index (χ4v) is 9.30. The molecule has 5 rings (SSSR count). The van der Waals surface area contributed by atoms with Gasteiger partial charge in [-0.2, -0.15) is 0 Å². The first-order valence-corrected chi connectivity index (χ1v) is 12.9. The average Bonchev–Trinajstić information content (AvgIpc) is 3.37. The molecule has 0 atom stereocenters. The van der Waals surface area contributed by atoms with Crippen LogP contribution in [0, 0.1) is 0 Å². The molecular formula is C20H12S6. The molecule has 0 fully saturated rings. The summed E-state index contributed by atoms with van der Waals surface area (Å²) in [6.45, 7) is 0. The van der Waals surface area contributed by atoms with Crippen LogP contribution >= 0.6 is 70.6 Å². The molecule has 3 aliphatic heterocycles. The number of thioether (sulfide) groups is 6. The van der Waals surface area contributed by atoms with Gasteiger partial charge in [0.2, 0.25) is 0 Å². The number of fused-ring (bicyclic) bond motifs is 2. The molecule has 3 heterocycles. The van der Waals surface area contributed by atoms with Gasteiger partial charge in [-0.1, -0.05) is 94.8 Å². The maximum atomic E-state index is 2.32. The number of hydrogen-bond acceptors (Lipinski definition) is 6. The Bertz CT molecular complexity index is 945. The molecule has 0 spiro atoms. The molecule has 0 bridgehead atoms. The fraction of sp³-hybridized carbons (Fsp3) is 0. The van der Waals surface area contributed by atoms with E-state index in [-0.39, 0.29) is 0 Å². The topological polar surface area (TPSA) is 0 Å².